The molecule has 4 rings (SSSR count). The minimum absolute atomic E-state index is 0.0735. The molecule has 33 heavy (non-hydrogen) atoms. The average Bonchev–Trinajstić information content (AvgIpc) is 2.74. The van der Waals surface area contributed by atoms with Gasteiger partial charge >= 0.3 is 12.1 Å². The molecule has 0 aliphatic rings. The highest BCUT2D eigenvalue weighted by atomic mass is 19.4. The molecule has 0 unspecified atom stereocenters. The molecule has 1 heterocycles. The minimum atomic E-state index is -5.00. The molecular weight excluding hydrogens is 437 g/mol. The van der Waals surface area contributed by atoms with Crippen LogP contribution in [0.4, 0.5) is 13.2 Å². The Kier molecular flexibility index (Phi) is 5.68. The van der Waals surface area contributed by atoms with E-state index in [0.29, 0.717) is 0 Å². The SMILES string of the molecule is Cc1cc(C)cc(Oc2c(C(F)(F)F)oc3cc(OC(=O)c4ccccc4)ccc3c2=O)c1. The van der Waals surface area contributed by atoms with E-state index >= 15 is 0 Å². The maximum atomic E-state index is 13.8. The van der Waals surface area contributed by atoms with Crippen molar-refractivity contribution < 1.29 is 31.9 Å². The lowest BCUT2D eigenvalue weighted by molar-refractivity contribution is -0.154. The highest BCUT2D eigenvalue weighted by Gasteiger charge is 2.40. The largest absolute Gasteiger partial charge is 0.453 e. The van der Waals surface area contributed by atoms with Gasteiger partial charge in [-0.3, -0.25) is 4.79 Å². The van der Waals surface area contributed by atoms with Crippen molar-refractivity contribution in [1.82, 2.24) is 0 Å². The first-order chi connectivity index (χ1) is 15.6. The Labute approximate surface area is 186 Å². The van der Waals surface area contributed by atoms with Gasteiger partial charge in [0, 0.05) is 6.07 Å². The second-order valence-electron chi connectivity index (χ2n) is 7.43. The van der Waals surface area contributed by atoms with Crippen molar-refractivity contribution >= 4 is 16.9 Å². The van der Waals surface area contributed by atoms with E-state index in [0.717, 1.165) is 17.2 Å². The molecule has 0 fully saturated rings. The molecule has 0 atom stereocenters. The normalized spacial score (nSPS) is 11.4. The molecule has 168 valence electrons. The maximum Gasteiger partial charge on any atom is 0.453 e. The number of hydrogen-bond donors (Lipinski definition) is 0. The highest BCUT2D eigenvalue weighted by molar-refractivity contribution is 5.91. The summed E-state index contributed by atoms with van der Waals surface area (Å²) >= 11 is 0. The molecule has 0 N–H and O–H groups in total. The number of aryl methyl sites for hydroxylation is 2. The van der Waals surface area contributed by atoms with Crippen LogP contribution in [-0.4, -0.2) is 5.97 Å². The minimum Gasteiger partial charge on any atom is -0.449 e. The third-order valence-corrected chi connectivity index (χ3v) is 4.71. The van der Waals surface area contributed by atoms with Crippen LogP contribution in [0.1, 0.15) is 27.2 Å². The Hall–Kier alpha value is -4.07. The fraction of sp³-hybridized carbons (Fsp3) is 0.120. The number of halogens is 3. The zero-order chi connectivity index (χ0) is 23.8. The quantitative estimate of drug-likeness (QED) is 0.262. The van der Waals surface area contributed by atoms with Crippen molar-refractivity contribution in [2.75, 3.05) is 0 Å². The van der Waals surface area contributed by atoms with Gasteiger partial charge in [-0.25, -0.2) is 4.79 Å². The Balaban J connectivity index is 1.78. The standard InChI is InChI=1S/C25H17F3O5/c1-14-10-15(2)12-18(11-14)31-22-21(29)19-9-8-17(13-20(19)33-23(22)25(26,27)28)32-24(30)16-6-4-3-5-7-16/h3-13H,1-2H3. The first-order valence-corrected chi connectivity index (χ1v) is 9.83. The van der Waals surface area contributed by atoms with E-state index in [1.54, 1.807) is 32.0 Å². The van der Waals surface area contributed by atoms with Crippen LogP contribution in [0.25, 0.3) is 11.0 Å². The number of ether oxygens (including phenoxy) is 2. The van der Waals surface area contributed by atoms with Crippen molar-refractivity contribution in [2.24, 2.45) is 0 Å². The van der Waals surface area contributed by atoms with Crippen molar-refractivity contribution in [3.05, 3.63) is 99.4 Å². The summed E-state index contributed by atoms with van der Waals surface area (Å²) in [6.07, 6.45) is -5.00. The van der Waals surface area contributed by atoms with Crippen LogP contribution >= 0.6 is 0 Å². The van der Waals surface area contributed by atoms with Gasteiger partial charge in [0.25, 0.3) is 5.76 Å². The number of rotatable bonds is 4. The maximum absolute atomic E-state index is 13.8. The predicted molar refractivity (Wildman–Crippen MR) is 115 cm³/mol. The number of fused-ring (bicyclic) bond motifs is 1. The molecule has 0 saturated heterocycles. The molecule has 0 aliphatic carbocycles. The summed E-state index contributed by atoms with van der Waals surface area (Å²) in [5, 5.41) is -0.151. The molecule has 1 aromatic heterocycles. The molecule has 0 bridgehead atoms. The smallest absolute Gasteiger partial charge is 0.449 e. The van der Waals surface area contributed by atoms with Gasteiger partial charge in [-0.05, 0) is 61.4 Å². The number of benzene rings is 3. The molecule has 3 aromatic carbocycles. The Morgan fingerprint density at radius 1 is 0.879 bits per heavy atom. The van der Waals surface area contributed by atoms with Gasteiger partial charge in [0.15, 0.2) is 0 Å². The third-order valence-electron chi connectivity index (χ3n) is 4.71. The molecule has 5 nitrogen and oxygen atoms in total. The van der Waals surface area contributed by atoms with Crippen molar-refractivity contribution in [3.63, 3.8) is 0 Å². The molecule has 4 aromatic rings. The lowest BCUT2D eigenvalue weighted by atomic mass is 10.1. The molecule has 8 heteroatoms. The van der Waals surface area contributed by atoms with Gasteiger partial charge in [-0.2, -0.15) is 13.2 Å². The molecule has 0 spiro atoms. The topological polar surface area (TPSA) is 65.7 Å². The van der Waals surface area contributed by atoms with Gasteiger partial charge in [-0.15, -0.1) is 0 Å². The average molecular weight is 454 g/mol. The number of alkyl halides is 3. The Morgan fingerprint density at radius 3 is 2.18 bits per heavy atom. The molecule has 0 saturated carbocycles. The predicted octanol–water partition coefficient (Wildman–Crippen LogP) is 6.44. The van der Waals surface area contributed by atoms with Crippen molar-refractivity contribution in [1.29, 1.82) is 0 Å². The van der Waals surface area contributed by atoms with Crippen LogP contribution in [0.2, 0.25) is 0 Å². The van der Waals surface area contributed by atoms with E-state index in [4.69, 9.17) is 13.9 Å². The Morgan fingerprint density at radius 2 is 1.55 bits per heavy atom. The van der Waals surface area contributed by atoms with Crippen molar-refractivity contribution in [2.45, 2.75) is 20.0 Å². The van der Waals surface area contributed by atoms with Gasteiger partial charge in [0.2, 0.25) is 11.2 Å². The first-order valence-electron chi connectivity index (χ1n) is 9.83. The monoisotopic (exact) mass is 454 g/mol. The van der Waals surface area contributed by atoms with E-state index in [9.17, 15) is 22.8 Å². The Bertz CT molecular complexity index is 1390. The molecular formula is C25H17F3O5. The van der Waals surface area contributed by atoms with Gasteiger partial charge in [0.05, 0.1) is 10.9 Å². The van der Waals surface area contributed by atoms with E-state index in [-0.39, 0.29) is 22.4 Å². The molecule has 0 aliphatic heterocycles. The van der Waals surface area contributed by atoms with Crippen LogP contribution in [0.3, 0.4) is 0 Å². The fourth-order valence-electron chi connectivity index (χ4n) is 3.35. The second kappa shape index (κ2) is 8.46. The summed E-state index contributed by atoms with van der Waals surface area (Å²) in [6.45, 7) is 3.51. The lowest BCUT2D eigenvalue weighted by Crippen LogP contribution is -2.15. The summed E-state index contributed by atoms with van der Waals surface area (Å²) in [7, 11) is 0. The van der Waals surface area contributed by atoms with Gasteiger partial charge in [0.1, 0.15) is 17.1 Å². The summed E-state index contributed by atoms with van der Waals surface area (Å²) in [5.41, 5.74) is 0.386. The number of hydrogen-bond acceptors (Lipinski definition) is 5. The van der Waals surface area contributed by atoms with Crippen LogP contribution in [0, 0.1) is 13.8 Å². The number of esters is 1. The van der Waals surface area contributed by atoms with Crippen LogP contribution in [-0.2, 0) is 6.18 Å². The van der Waals surface area contributed by atoms with E-state index < -0.39 is 34.7 Å². The number of carbonyl (C=O) groups excluding carboxylic acids is 1. The van der Waals surface area contributed by atoms with Gasteiger partial charge in [-0.1, -0.05) is 24.3 Å². The second-order valence-corrected chi connectivity index (χ2v) is 7.43. The van der Waals surface area contributed by atoms with Crippen LogP contribution < -0.4 is 14.9 Å². The zero-order valence-electron chi connectivity index (χ0n) is 17.5. The lowest BCUT2D eigenvalue weighted by Gasteiger charge is -2.14. The number of carbonyl (C=O) groups is 1. The van der Waals surface area contributed by atoms with E-state index in [1.807, 2.05) is 6.07 Å². The zero-order valence-corrected chi connectivity index (χ0v) is 17.5. The van der Waals surface area contributed by atoms with Crippen LogP contribution in [0.15, 0.2) is 75.9 Å². The van der Waals surface area contributed by atoms with Gasteiger partial charge < -0.3 is 13.9 Å². The summed E-state index contributed by atoms with van der Waals surface area (Å²) < 4.78 is 56.9. The molecule has 0 radical (unpaired) electrons. The summed E-state index contributed by atoms with van der Waals surface area (Å²) in [4.78, 5) is 25.2. The van der Waals surface area contributed by atoms with Crippen molar-refractivity contribution in [3.8, 4) is 17.2 Å². The van der Waals surface area contributed by atoms with Crippen LogP contribution in [0.5, 0.6) is 17.2 Å². The van der Waals surface area contributed by atoms with E-state index in [1.165, 1.54) is 36.4 Å². The summed E-state index contributed by atoms with van der Waals surface area (Å²) in [6, 6.07) is 16.5. The molecule has 0 amide bonds. The first kappa shape index (κ1) is 22.1. The summed E-state index contributed by atoms with van der Waals surface area (Å²) in [5.74, 6) is -3.24. The third kappa shape index (κ3) is 4.74. The van der Waals surface area contributed by atoms with E-state index in [2.05, 4.69) is 0 Å². The highest BCUT2D eigenvalue weighted by Crippen LogP contribution is 2.39. The fourth-order valence-corrected chi connectivity index (χ4v) is 3.35.